The largest absolute Gasteiger partial charge is 0.330 e. The highest BCUT2D eigenvalue weighted by molar-refractivity contribution is 5.57. The molecule has 8 nitrogen and oxygen atoms in total. The van der Waals surface area contributed by atoms with Crippen molar-refractivity contribution in [2.45, 2.75) is 124 Å². The quantitative estimate of drug-likeness (QED) is 0.111. The molecule has 76 heavy (non-hydrogen) atoms. The van der Waals surface area contributed by atoms with Gasteiger partial charge in [-0.1, -0.05) is 48.6 Å². The summed E-state index contributed by atoms with van der Waals surface area (Å²) in [6.45, 7) is 19.4. The van der Waals surface area contributed by atoms with Crippen molar-refractivity contribution in [3.05, 3.63) is 48.6 Å². The second-order valence-corrected chi connectivity index (χ2v) is 27.7. The second-order valence-electron chi connectivity index (χ2n) is 27.7. The third kappa shape index (κ3) is 8.17. The number of nitrogens with zero attached hydrogens (tertiary/aromatic N) is 7. The van der Waals surface area contributed by atoms with Gasteiger partial charge in [0.05, 0.1) is 18.1 Å². The molecule has 0 aliphatic heterocycles. The molecule has 410 valence electrons. The van der Waals surface area contributed by atoms with Crippen LogP contribution in [-0.2, 0) is 0 Å². The SMILES string of the molecule is CC=NC1C2CC(C1N=CC)C1C3C=CC(C3)C21.CC=NCC1C(CCN)C2CC1C1C3C=CC(C3)C21.CC=NCC1C(CN=CC)C2CC1C1C3C=CC(C3)C21.CC=NCC1C2CC(C1N=CC)C1C3C=CC(C3)C21. The van der Waals surface area contributed by atoms with Gasteiger partial charge in [-0.3, -0.25) is 34.9 Å². The molecule has 12 fully saturated rings. The van der Waals surface area contributed by atoms with Crippen molar-refractivity contribution in [3.8, 4) is 0 Å². The van der Waals surface area contributed by atoms with E-state index in [0.717, 1.165) is 198 Å². The van der Waals surface area contributed by atoms with E-state index in [4.69, 9.17) is 20.7 Å². The Morgan fingerprint density at radius 1 is 0.303 bits per heavy atom. The van der Waals surface area contributed by atoms with Gasteiger partial charge < -0.3 is 5.73 Å². The van der Waals surface area contributed by atoms with E-state index in [1.165, 1.54) is 57.8 Å². The zero-order valence-corrected chi connectivity index (χ0v) is 47.7. The van der Waals surface area contributed by atoms with Crippen LogP contribution in [-0.4, -0.2) is 94.4 Å². The molecule has 32 atom stereocenters. The number of rotatable bonds is 13. The number of aliphatic imine (C=N–C) groups is 7. The van der Waals surface area contributed by atoms with Gasteiger partial charge in [0.1, 0.15) is 0 Å². The molecule has 32 unspecified atom stereocenters. The van der Waals surface area contributed by atoms with E-state index in [2.05, 4.69) is 103 Å². The summed E-state index contributed by atoms with van der Waals surface area (Å²) in [6, 6.07) is 1.52. The first-order valence-corrected chi connectivity index (χ1v) is 32.0. The van der Waals surface area contributed by atoms with Gasteiger partial charge in [0, 0.05) is 32.1 Å². The lowest BCUT2D eigenvalue weighted by molar-refractivity contribution is 0.0885. The van der Waals surface area contributed by atoms with Gasteiger partial charge in [-0.15, -0.1) is 0 Å². The van der Waals surface area contributed by atoms with Gasteiger partial charge in [-0.25, -0.2) is 0 Å². The lowest BCUT2D eigenvalue weighted by atomic mass is 9.64. The molecule has 16 aliphatic carbocycles. The molecule has 16 rings (SSSR count). The Hall–Kier alpha value is -3.39. The van der Waals surface area contributed by atoms with Crippen LogP contribution in [0, 0.1) is 172 Å². The molecule has 8 heteroatoms. The summed E-state index contributed by atoms with van der Waals surface area (Å²) in [5.74, 6) is 26.1. The topological polar surface area (TPSA) is 113 Å². The maximum atomic E-state index is 5.89. The average molecular weight is 1030 g/mol. The molecule has 16 bridgehead atoms. The number of fused-ring (bicyclic) bond motifs is 36. The third-order valence-electron chi connectivity index (χ3n) is 25.9. The standard InChI is InChI=1S/C18H26N2.C17H24N2.C17H26N2.C16H22N2/c1-3-19-9-15-13-8-14(16(15)10-20-4-2)18-12-6-5-11(7-12)17(13)18;1-3-18-9-14-12-8-13(17(14)19-4-2)16-11-6-5-10(7-11)15(12)16;1-2-19-9-15-12(5-6-18)13-8-14(15)17-11-4-3-10(7-11)16(13)17;1-3-17-15-11-8-12(16(15)18-4-2)14-10-6-5-9(7-10)13(11)14/h3-6,11-18H,7-10H2,1-2H3;3-6,10-17H,7-9H2,1-2H3;2-4,10-17H,5-9,18H2,1H3;3-6,9-16H,7-8H2,1-2H3. The lowest BCUT2D eigenvalue weighted by Gasteiger charge is -2.41. The van der Waals surface area contributed by atoms with Crippen LogP contribution in [0.25, 0.3) is 0 Å². The van der Waals surface area contributed by atoms with E-state index >= 15 is 0 Å². The molecule has 0 aromatic heterocycles. The molecule has 0 radical (unpaired) electrons. The summed E-state index contributed by atoms with van der Waals surface area (Å²) in [6.07, 6.45) is 46.9. The minimum atomic E-state index is 0.477. The normalized spacial score (nSPS) is 53.9. The molecule has 0 amide bonds. The first kappa shape index (κ1) is 52.0. The maximum absolute atomic E-state index is 5.89. The molecule has 0 aromatic rings. The highest BCUT2D eigenvalue weighted by Gasteiger charge is 2.68. The van der Waals surface area contributed by atoms with E-state index in [0.29, 0.717) is 24.0 Å². The molecule has 0 aromatic carbocycles. The molecule has 0 spiro atoms. The Balaban J connectivity index is 0.0000000971. The van der Waals surface area contributed by atoms with Crippen molar-refractivity contribution in [2.24, 2.45) is 212 Å². The van der Waals surface area contributed by atoms with Crippen molar-refractivity contribution in [3.63, 3.8) is 0 Å². The van der Waals surface area contributed by atoms with Crippen molar-refractivity contribution in [1.82, 2.24) is 0 Å². The van der Waals surface area contributed by atoms with Crippen LogP contribution in [0.15, 0.2) is 83.6 Å². The summed E-state index contributed by atoms with van der Waals surface area (Å²) in [5, 5.41) is 0. The first-order valence-electron chi connectivity index (χ1n) is 32.0. The van der Waals surface area contributed by atoms with Crippen LogP contribution in [0.4, 0.5) is 0 Å². The summed E-state index contributed by atoms with van der Waals surface area (Å²) >= 11 is 0. The van der Waals surface area contributed by atoms with E-state index < -0.39 is 0 Å². The Kier molecular flexibility index (Phi) is 14.8. The van der Waals surface area contributed by atoms with Gasteiger partial charge in [-0.2, -0.15) is 0 Å². The lowest BCUT2D eigenvalue weighted by Crippen LogP contribution is -2.41. The van der Waals surface area contributed by atoms with Gasteiger partial charge in [-0.05, 0) is 322 Å². The zero-order chi connectivity index (χ0) is 51.9. The fraction of sp³-hybridized carbons (Fsp3) is 0.779. The fourth-order valence-electron chi connectivity index (χ4n) is 24.4. The Labute approximate surface area is 459 Å². The summed E-state index contributed by atoms with van der Waals surface area (Å²) < 4.78 is 0. The molecular weight excluding hydrogens is 929 g/mol. The molecule has 12 saturated carbocycles. The highest BCUT2D eigenvalue weighted by Crippen LogP contribution is 2.72. The van der Waals surface area contributed by atoms with Gasteiger partial charge in [0.2, 0.25) is 0 Å². The van der Waals surface area contributed by atoms with Gasteiger partial charge >= 0.3 is 0 Å². The average Bonchev–Trinajstić information content (AvgIpc) is 4.31. The molecule has 0 heterocycles. The summed E-state index contributed by atoms with van der Waals surface area (Å²) in [5.41, 5.74) is 5.89. The van der Waals surface area contributed by atoms with Crippen molar-refractivity contribution in [1.29, 1.82) is 0 Å². The molecular formula is C68H98N8. The van der Waals surface area contributed by atoms with E-state index in [9.17, 15) is 0 Å². The zero-order valence-electron chi connectivity index (χ0n) is 47.7. The van der Waals surface area contributed by atoms with Crippen LogP contribution in [0.5, 0.6) is 0 Å². The van der Waals surface area contributed by atoms with Crippen LogP contribution in [0.1, 0.15) is 106 Å². The van der Waals surface area contributed by atoms with Crippen molar-refractivity contribution in [2.75, 3.05) is 32.7 Å². The Morgan fingerprint density at radius 3 is 0.882 bits per heavy atom. The fourth-order valence-corrected chi connectivity index (χ4v) is 24.4. The predicted molar refractivity (Wildman–Crippen MR) is 318 cm³/mol. The number of allylic oxidation sites excluding steroid dienone is 8. The summed E-state index contributed by atoms with van der Waals surface area (Å²) in [7, 11) is 0. The Bertz CT molecular complexity index is 2350. The number of hydrogen-bond donors (Lipinski definition) is 1. The molecule has 16 aliphatic rings. The summed E-state index contributed by atoms with van der Waals surface area (Å²) in [4.78, 5) is 32.8. The minimum Gasteiger partial charge on any atom is -0.330 e. The minimum absolute atomic E-state index is 0.477. The van der Waals surface area contributed by atoms with Crippen LogP contribution in [0.2, 0.25) is 0 Å². The second kappa shape index (κ2) is 21.6. The highest BCUT2D eigenvalue weighted by atomic mass is 15.0. The van der Waals surface area contributed by atoms with E-state index in [-0.39, 0.29) is 0 Å². The van der Waals surface area contributed by atoms with E-state index in [1.54, 1.807) is 0 Å². The predicted octanol–water partition coefficient (Wildman–Crippen LogP) is 12.5. The van der Waals surface area contributed by atoms with Crippen molar-refractivity contribution >= 4 is 43.5 Å². The van der Waals surface area contributed by atoms with Crippen molar-refractivity contribution < 1.29 is 0 Å². The molecule has 2 N–H and O–H groups in total. The monoisotopic (exact) mass is 1030 g/mol. The van der Waals surface area contributed by atoms with Gasteiger partial charge in [0.25, 0.3) is 0 Å². The van der Waals surface area contributed by atoms with Crippen LogP contribution in [0.3, 0.4) is 0 Å². The smallest absolute Gasteiger partial charge is 0.0752 e. The third-order valence-corrected chi connectivity index (χ3v) is 25.9. The van der Waals surface area contributed by atoms with Crippen LogP contribution < -0.4 is 5.73 Å². The molecule has 0 saturated heterocycles. The van der Waals surface area contributed by atoms with Gasteiger partial charge in [0.15, 0.2) is 0 Å². The first-order chi connectivity index (χ1) is 37.4. The van der Waals surface area contributed by atoms with E-state index in [1.807, 2.05) is 57.3 Å². The maximum Gasteiger partial charge on any atom is 0.0752 e. The number of hydrogen-bond acceptors (Lipinski definition) is 8. The van der Waals surface area contributed by atoms with Crippen LogP contribution >= 0.6 is 0 Å². The Morgan fingerprint density at radius 2 is 0.553 bits per heavy atom. The number of nitrogens with two attached hydrogens (primary N) is 1.